The predicted molar refractivity (Wildman–Crippen MR) is 121 cm³/mol. The van der Waals surface area contributed by atoms with Crippen molar-refractivity contribution in [3.8, 4) is 11.5 Å². The third-order valence-corrected chi connectivity index (χ3v) is 6.16. The lowest BCUT2D eigenvalue weighted by molar-refractivity contribution is -0.123. The van der Waals surface area contributed by atoms with Crippen LogP contribution in [0, 0.1) is 0 Å². The Morgan fingerprint density at radius 1 is 1.17 bits per heavy atom. The SMILES string of the molecule is CCC(C)Oc1c(Cl)cc(/C=C2\SC(=O)N(Cc3ccccc3Cl)C2=O)cc1OC. The molecule has 1 aliphatic heterocycles. The highest BCUT2D eigenvalue weighted by atomic mass is 35.5. The van der Waals surface area contributed by atoms with Crippen LogP contribution in [0.1, 0.15) is 31.4 Å². The van der Waals surface area contributed by atoms with Crippen LogP contribution in [-0.2, 0) is 11.3 Å². The Morgan fingerprint density at radius 3 is 2.57 bits per heavy atom. The fourth-order valence-corrected chi connectivity index (χ4v) is 4.10. The average Bonchev–Trinajstić information content (AvgIpc) is 2.98. The second-order valence-corrected chi connectivity index (χ2v) is 8.54. The summed E-state index contributed by atoms with van der Waals surface area (Å²) in [6.07, 6.45) is 2.42. The van der Waals surface area contributed by atoms with Crippen LogP contribution in [0.25, 0.3) is 6.08 Å². The van der Waals surface area contributed by atoms with Crippen LogP contribution in [-0.4, -0.2) is 29.3 Å². The Hall–Kier alpha value is -2.15. The van der Waals surface area contributed by atoms with Gasteiger partial charge in [0, 0.05) is 5.02 Å². The number of thioether (sulfide) groups is 1. The second kappa shape index (κ2) is 9.77. The summed E-state index contributed by atoms with van der Waals surface area (Å²) in [6.45, 7) is 4.07. The van der Waals surface area contributed by atoms with Crippen LogP contribution < -0.4 is 9.47 Å². The molecule has 2 amide bonds. The number of rotatable bonds is 7. The second-order valence-electron chi connectivity index (χ2n) is 6.73. The van der Waals surface area contributed by atoms with Crippen LogP contribution in [0.3, 0.4) is 0 Å². The van der Waals surface area contributed by atoms with E-state index in [1.807, 2.05) is 19.9 Å². The summed E-state index contributed by atoms with van der Waals surface area (Å²) >= 11 is 13.4. The van der Waals surface area contributed by atoms with Gasteiger partial charge in [0.05, 0.1) is 29.7 Å². The van der Waals surface area contributed by atoms with Crippen molar-refractivity contribution in [2.75, 3.05) is 7.11 Å². The summed E-state index contributed by atoms with van der Waals surface area (Å²) in [5.41, 5.74) is 1.34. The molecule has 1 fully saturated rings. The largest absolute Gasteiger partial charge is 0.493 e. The lowest BCUT2D eigenvalue weighted by Crippen LogP contribution is -2.27. The van der Waals surface area contributed by atoms with Gasteiger partial charge < -0.3 is 9.47 Å². The Bertz CT molecular complexity index is 1010. The molecule has 3 rings (SSSR count). The molecule has 0 N–H and O–H groups in total. The first-order valence-corrected chi connectivity index (χ1v) is 10.9. The molecule has 0 saturated carbocycles. The molecule has 1 saturated heterocycles. The van der Waals surface area contributed by atoms with Gasteiger partial charge in [0.1, 0.15) is 0 Å². The van der Waals surface area contributed by atoms with E-state index in [1.165, 1.54) is 12.0 Å². The number of amides is 2. The molecule has 0 spiro atoms. The van der Waals surface area contributed by atoms with Crippen molar-refractivity contribution >= 4 is 52.2 Å². The van der Waals surface area contributed by atoms with Gasteiger partial charge in [-0.1, -0.05) is 48.3 Å². The zero-order chi connectivity index (χ0) is 21.8. The molecular weight excluding hydrogens is 445 g/mol. The van der Waals surface area contributed by atoms with Crippen molar-refractivity contribution in [3.63, 3.8) is 0 Å². The standard InChI is InChI=1S/C22H21Cl2NO4S/c1-4-13(2)29-20-17(24)9-14(10-18(20)28-3)11-19-21(26)25(22(27)30-19)12-15-7-5-6-8-16(15)23/h5-11,13H,4,12H2,1-3H3/b19-11-. The van der Waals surface area contributed by atoms with Gasteiger partial charge in [0.25, 0.3) is 11.1 Å². The summed E-state index contributed by atoms with van der Waals surface area (Å²) in [5, 5.41) is 0.533. The molecular formula is C22H21Cl2NO4S. The molecule has 158 valence electrons. The zero-order valence-corrected chi connectivity index (χ0v) is 19.1. The molecule has 0 aromatic heterocycles. The van der Waals surface area contributed by atoms with Crippen molar-refractivity contribution in [2.24, 2.45) is 0 Å². The van der Waals surface area contributed by atoms with Gasteiger partial charge in [-0.2, -0.15) is 0 Å². The monoisotopic (exact) mass is 465 g/mol. The third kappa shape index (κ3) is 4.94. The van der Waals surface area contributed by atoms with Crippen molar-refractivity contribution in [1.29, 1.82) is 0 Å². The Kier molecular flexibility index (Phi) is 7.34. The van der Waals surface area contributed by atoms with Gasteiger partial charge in [0.2, 0.25) is 0 Å². The van der Waals surface area contributed by atoms with Crippen molar-refractivity contribution in [3.05, 3.63) is 62.5 Å². The highest BCUT2D eigenvalue weighted by Gasteiger charge is 2.35. The van der Waals surface area contributed by atoms with Crippen molar-refractivity contribution in [2.45, 2.75) is 32.9 Å². The van der Waals surface area contributed by atoms with Crippen LogP contribution >= 0.6 is 35.0 Å². The number of methoxy groups -OCH3 is 1. The number of hydrogen-bond acceptors (Lipinski definition) is 5. The zero-order valence-electron chi connectivity index (χ0n) is 16.8. The molecule has 0 aliphatic carbocycles. The first kappa shape index (κ1) is 22.5. The van der Waals surface area contributed by atoms with Crippen LogP contribution in [0.4, 0.5) is 4.79 Å². The molecule has 30 heavy (non-hydrogen) atoms. The minimum atomic E-state index is -0.375. The fraction of sp³-hybridized carbons (Fsp3) is 0.273. The predicted octanol–water partition coefficient (Wildman–Crippen LogP) is 6.42. The number of ether oxygens (including phenoxy) is 2. The minimum Gasteiger partial charge on any atom is -0.493 e. The third-order valence-electron chi connectivity index (χ3n) is 4.60. The molecule has 1 heterocycles. The van der Waals surface area contributed by atoms with E-state index in [2.05, 4.69) is 0 Å². The minimum absolute atomic E-state index is 0.0245. The smallest absolute Gasteiger partial charge is 0.293 e. The molecule has 2 aromatic rings. The van der Waals surface area contributed by atoms with Crippen molar-refractivity contribution < 1.29 is 19.1 Å². The summed E-state index contributed by atoms with van der Waals surface area (Å²) in [7, 11) is 1.52. The highest BCUT2D eigenvalue weighted by molar-refractivity contribution is 8.18. The number of carbonyl (C=O) groups excluding carboxylic acids is 2. The highest BCUT2D eigenvalue weighted by Crippen LogP contribution is 2.40. The van der Waals surface area contributed by atoms with E-state index < -0.39 is 0 Å². The molecule has 5 nitrogen and oxygen atoms in total. The number of carbonyl (C=O) groups is 2. The van der Waals surface area contributed by atoms with E-state index in [0.717, 1.165) is 18.2 Å². The van der Waals surface area contributed by atoms with E-state index in [9.17, 15) is 9.59 Å². The molecule has 0 radical (unpaired) electrons. The van der Waals surface area contributed by atoms with Crippen LogP contribution in [0.2, 0.25) is 10.0 Å². The summed E-state index contributed by atoms with van der Waals surface area (Å²) in [5.74, 6) is 0.543. The van der Waals surface area contributed by atoms with Crippen LogP contribution in [0.15, 0.2) is 41.3 Å². The number of benzene rings is 2. The maximum atomic E-state index is 12.8. The van der Waals surface area contributed by atoms with E-state index in [1.54, 1.807) is 36.4 Å². The summed E-state index contributed by atoms with van der Waals surface area (Å²) < 4.78 is 11.3. The number of nitrogens with zero attached hydrogens (tertiary/aromatic N) is 1. The number of halogens is 2. The lowest BCUT2D eigenvalue weighted by Gasteiger charge is -2.17. The van der Waals surface area contributed by atoms with E-state index in [4.69, 9.17) is 32.7 Å². The van der Waals surface area contributed by atoms with E-state index in [0.29, 0.717) is 37.6 Å². The average molecular weight is 466 g/mol. The Labute approximate surface area is 189 Å². The van der Waals surface area contributed by atoms with Gasteiger partial charge in [-0.05, 0) is 60.5 Å². The van der Waals surface area contributed by atoms with Crippen LogP contribution in [0.5, 0.6) is 11.5 Å². The molecule has 0 bridgehead atoms. The first-order valence-electron chi connectivity index (χ1n) is 9.37. The Morgan fingerprint density at radius 2 is 1.90 bits per heavy atom. The summed E-state index contributed by atoms with van der Waals surface area (Å²) in [4.78, 5) is 26.7. The van der Waals surface area contributed by atoms with Gasteiger partial charge in [-0.25, -0.2) is 0 Å². The molecule has 1 aliphatic rings. The number of hydrogen-bond donors (Lipinski definition) is 0. The van der Waals surface area contributed by atoms with Gasteiger partial charge in [-0.15, -0.1) is 0 Å². The van der Waals surface area contributed by atoms with E-state index in [-0.39, 0.29) is 23.8 Å². The first-order chi connectivity index (χ1) is 14.3. The fourth-order valence-electron chi connectivity index (χ4n) is 2.81. The molecule has 1 unspecified atom stereocenters. The molecule has 2 aromatic carbocycles. The maximum absolute atomic E-state index is 12.8. The van der Waals surface area contributed by atoms with Crippen molar-refractivity contribution in [1.82, 2.24) is 4.90 Å². The lowest BCUT2D eigenvalue weighted by atomic mass is 10.1. The molecule has 8 heteroatoms. The van der Waals surface area contributed by atoms with Gasteiger partial charge in [0.15, 0.2) is 11.5 Å². The van der Waals surface area contributed by atoms with Gasteiger partial charge in [-0.3, -0.25) is 14.5 Å². The topological polar surface area (TPSA) is 55.8 Å². The maximum Gasteiger partial charge on any atom is 0.293 e. The molecule has 1 atom stereocenters. The normalized spacial score (nSPS) is 16.3. The van der Waals surface area contributed by atoms with E-state index >= 15 is 0 Å². The quantitative estimate of drug-likeness (QED) is 0.441. The Balaban J connectivity index is 1.86. The van der Waals surface area contributed by atoms with Gasteiger partial charge >= 0.3 is 0 Å². The summed E-state index contributed by atoms with van der Waals surface area (Å²) in [6, 6.07) is 10.5. The number of imide groups is 1.